The highest BCUT2D eigenvalue weighted by Crippen LogP contribution is 2.66. The summed E-state index contributed by atoms with van der Waals surface area (Å²) in [5.74, 6) is -5.07. The Balaban J connectivity index is 1.40. The van der Waals surface area contributed by atoms with Crippen LogP contribution in [0, 0.1) is 23.7 Å². The van der Waals surface area contributed by atoms with Gasteiger partial charge in [-0.1, -0.05) is 77.8 Å². The number of para-hydroxylation sites is 1. The fraction of sp³-hybridized carbons (Fsp3) is 0.231. The third kappa shape index (κ3) is 4.54. The SMILES string of the molecule is COc1cc([C@H]2C3=CC[C@@H]4C(=O)N(c5ccccc5)C(=O)[C@@H]4[C@@H]3C[C@H]3C(=O)N(c4cccc(Cl)c4)C(=O)[C@@]23c2ccccc2)c(Br)c(Br)c1O. The van der Waals surface area contributed by atoms with E-state index in [1.807, 2.05) is 42.5 Å². The van der Waals surface area contributed by atoms with E-state index in [1.165, 1.54) is 16.9 Å². The Labute approximate surface area is 309 Å². The molecule has 0 unspecified atom stereocenters. The average Bonchev–Trinajstić information content (AvgIpc) is 3.52. The standard InChI is InChI=1S/C39H29Br2ClN2O6/c1-50-29-19-27(32(40)33(41)34(29)45)31-24-15-16-25-30(37(48)43(35(25)46)22-12-6-3-7-13-22)26(24)18-28-36(47)44(23-14-8-11-21(42)17-23)38(49)39(28,31)20-9-4-2-5-10-20/h2-15,17,19,25-26,28,30-31,45H,16,18H2,1H3/t25-,26+,28-,30-,31+,39+/m0/s1. The molecule has 8 rings (SSSR count). The quantitative estimate of drug-likeness (QED) is 0.162. The van der Waals surface area contributed by atoms with E-state index in [4.69, 9.17) is 16.3 Å². The van der Waals surface area contributed by atoms with Crippen molar-refractivity contribution in [2.24, 2.45) is 23.7 Å². The molecule has 2 saturated heterocycles. The van der Waals surface area contributed by atoms with E-state index in [0.29, 0.717) is 36.5 Å². The number of halogens is 3. The average molecular weight is 817 g/mol. The summed E-state index contributed by atoms with van der Waals surface area (Å²) in [5.41, 5.74) is 1.37. The molecule has 4 aromatic rings. The van der Waals surface area contributed by atoms with Crippen LogP contribution in [0.3, 0.4) is 0 Å². The summed E-state index contributed by atoms with van der Waals surface area (Å²) in [5, 5.41) is 11.4. The van der Waals surface area contributed by atoms with Gasteiger partial charge >= 0.3 is 0 Å². The lowest BCUT2D eigenvalue weighted by molar-refractivity contribution is -0.127. The molecular weight excluding hydrogens is 788 g/mol. The van der Waals surface area contributed by atoms with Crippen molar-refractivity contribution in [1.29, 1.82) is 0 Å². The number of amides is 4. The smallest absolute Gasteiger partial charge is 0.246 e. The summed E-state index contributed by atoms with van der Waals surface area (Å²) in [4.78, 5) is 61.3. The van der Waals surface area contributed by atoms with Crippen molar-refractivity contribution in [3.63, 3.8) is 0 Å². The zero-order chi connectivity index (χ0) is 35.1. The van der Waals surface area contributed by atoms with Crippen molar-refractivity contribution >= 4 is 78.5 Å². The molecule has 8 nitrogen and oxygen atoms in total. The lowest BCUT2D eigenvalue weighted by Crippen LogP contribution is -2.53. The lowest BCUT2D eigenvalue weighted by Gasteiger charge is -2.51. The van der Waals surface area contributed by atoms with Gasteiger partial charge in [0.05, 0.1) is 46.1 Å². The molecule has 50 heavy (non-hydrogen) atoms. The lowest BCUT2D eigenvalue weighted by atomic mass is 9.49. The Morgan fingerprint density at radius 3 is 2.16 bits per heavy atom. The molecule has 6 atom stereocenters. The molecule has 0 spiro atoms. The first-order chi connectivity index (χ1) is 24.1. The molecule has 11 heteroatoms. The Hall–Kier alpha value is -4.25. The van der Waals surface area contributed by atoms with E-state index in [0.717, 1.165) is 5.57 Å². The highest BCUT2D eigenvalue weighted by Gasteiger charge is 2.70. The van der Waals surface area contributed by atoms with Crippen LogP contribution in [0.4, 0.5) is 11.4 Å². The van der Waals surface area contributed by atoms with E-state index < -0.39 is 46.8 Å². The number of methoxy groups -OCH3 is 1. The molecule has 4 amide bonds. The molecule has 3 fully saturated rings. The van der Waals surface area contributed by atoms with Crippen molar-refractivity contribution in [2.75, 3.05) is 16.9 Å². The fourth-order valence-corrected chi connectivity index (χ4v) is 10.0. The summed E-state index contributed by atoms with van der Waals surface area (Å²) >= 11 is 13.6. The van der Waals surface area contributed by atoms with Gasteiger partial charge in [0.15, 0.2) is 11.5 Å². The third-order valence-electron chi connectivity index (χ3n) is 10.9. The number of aromatic hydroxyl groups is 1. The molecule has 252 valence electrons. The minimum Gasteiger partial charge on any atom is -0.503 e. The van der Waals surface area contributed by atoms with Gasteiger partial charge in [-0.3, -0.25) is 24.1 Å². The largest absolute Gasteiger partial charge is 0.503 e. The number of ether oxygens (including phenoxy) is 1. The Morgan fingerprint density at radius 2 is 1.48 bits per heavy atom. The maximum Gasteiger partial charge on any atom is 0.246 e. The van der Waals surface area contributed by atoms with Crippen LogP contribution in [0.5, 0.6) is 11.5 Å². The van der Waals surface area contributed by atoms with Crippen molar-refractivity contribution in [3.8, 4) is 11.5 Å². The van der Waals surface area contributed by atoms with Gasteiger partial charge in [-0.05, 0) is 98.1 Å². The number of carbonyl (C=O) groups is 4. The highest BCUT2D eigenvalue weighted by atomic mass is 79.9. The first kappa shape index (κ1) is 32.9. The second-order valence-corrected chi connectivity index (χ2v) is 15.1. The monoisotopic (exact) mass is 814 g/mol. The van der Waals surface area contributed by atoms with Crippen LogP contribution < -0.4 is 14.5 Å². The molecule has 4 aromatic carbocycles. The molecule has 0 aromatic heterocycles. The van der Waals surface area contributed by atoms with Crippen LogP contribution in [0.2, 0.25) is 5.02 Å². The minimum absolute atomic E-state index is 0.136. The number of allylic oxidation sites excluding steroid dienone is 2. The van der Waals surface area contributed by atoms with Crippen LogP contribution in [0.25, 0.3) is 0 Å². The van der Waals surface area contributed by atoms with Gasteiger partial charge in [-0.15, -0.1) is 0 Å². The predicted octanol–water partition coefficient (Wildman–Crippen LogP) is 7.95. The summed E-state index contributed by atoms with van der Waals surface area (Å²) in [7, 11) is 1.44. The zero-order valence-corrected chi connectivity index (χ0v) is 30.5. The van der Waals surface area contributed by atoms with Crippen LogP contribution in [0.15, 0.2) is 112 Å². The maximum atomic E-state index is 15.4. The van der Waals surface area contributed by atoms with E-state index in [2.05, 4.69) is 31.9 Å². The number of nitrogens with zero attached hydrogens (tertiary/aromatic N) is 2. The fourth-order valence-electron chi connectivity index (χ4n) is 8.90. The molecular formula is C39H29Br2ClN2O6. The van der Waals surface area contributed by atoms with Crippen LogP contribution in [-0.4, -0.2) is 35.8 Å². The van der Waals surface area contributed by atoms with Gasteiger partial charge in [0.2, 0.25) is 23.6 Å². The van der Waals surface area contributed by atoms with E-state index in [1.54, 1.807) is 54.6 Å². The summed E-state index contributed by atoms with van der Waals surface area (Å²) in [6, 6.07) is 26.5. The normalized spacial score (nSPS) is 27.2. The second-order valence-electron chi connectivity index (χ2n) is 13.1. The highest BCUT2D eigenvalue weighted by molar-refractivity contribution is 9.13. The third-order valence-corrected chi connectivity index (χ3v) is 13.3. The number of carbonyl (C=O) groups excluding carboxylic acids is 4. The minimum atomic E-state index is -1.48. The number of phenols is 1. The summed E-state index contributed by atoms with van der Waals surface area (Å²) in [6.45, 7) is 0. The van der Waals surface area contributed by atoms with Crippen molar-refractivity contribution in [2.45, 2.75) is 24.2 Å². The molecule has 2 aliphatic carbocycles. The number of benzene rings is 4. The molecule has 4 aliphatic rings. The first-order valence-corrected chi connectivity index (χ1v) is 18.1. The Morgan fingerprint density at radius 1 is 0.800 bits per heavy atom. The maximum absolute atomic E-state index is 15.4. The number of fused-ring (bicyclic) bond motifs is 4. The molecule has 2 heterocycles. The van der Waals surface area contributed by atoms with E-state index in [-0.39, 0.29) is 36.2 Å². The molecule has 2 aliphatic heterocycles. The Kier molecular flexibility index (Phi) is 8.04. The number of anilines is 2. The molecule has 0 bridgehead atoms. The first-order valence-electron chi connectivity index (χ1n) is 16.2. The van der Waals surface area contributed by atoms with Gasteiger partial charge in [-0.25, -0.2) is 4.90 Å². The van der Waals surface area contributed by atoms with Crippen molar-refractivity contribution in [1.82, 2.24) is 0 Å². The van der Waals surface area contributed by atoms with Gasteiger partial charge < -0.3 is 9.84 Å². The van der Waals surface area contributed by atoms with E-state index >= 15 is 4.79 Å². The summed E-state index contributed by atoms with van der Waals surface area (Å²) < 4.78 is 6.40. The Bertz CT molecular complexity index is 2140. The van der Waals surface area contributed by atoms with Crippen molar-refractivity contribution < 1.29 is 29.0 Å². The molecule has 0 radical (unpaired) electrons. The van der Waals surface area contributed by atoms with Crippen LogP contribution >= 0.6 is 43.5 Å². The van der Waals surface area contributed by atoms with Crippen LogP contribution in [-0.2, 0) is 24.6 Å². The van der Waals surface area contributed by atoms with Gasteiger partial charge in [0, 0.05) is 15.4 Å². The number of hydrogen-bond donors (Lipinski definition) is 1. The second kappa shape index (κ2) is 12.2. The van der Waals surface area contributed by atoms with Crippen molar-refractivity contribution in [3.05, 3.63) is 128 Å². The zero-order valence-electron chi connectivity index (χ0n) is 26.6. The number of imide groups is 2. The molecule has 1 N–H and O–H groups in total. The van der Waals surface area contributed by atoms with E-state index in [9.17, 15) is 19.5 Å². The number of phenolic OH excluding ortho intramolecular Hbond substituents is 1. The van der Waals surface area contributed by atoms with Gasteiger partial charge in [0.1, 0.15) is 0 Å². The van der Waals surface area contributed by atoms with Gasteiger partial charge in [0.25, 0.3) is 0 Å². The van der Waals surface area contributed by atoms with Gasteiger partial charge in [-0.2, -0.15) is 0 Å². The van der Waals surface area contributed by atoms with Crippen LogP contribution in [0.1, 0.15) is 29.9 Å². The summed E-state index contributed by atoms with van der Waals surface area (Å²) in [6.07, 6.45) is 2.44. The topological polar surface area (TPSA) is 104 Å². The predicted molar refractivity (Wildman–Crippen MR) is 195 cm³/mol. The molecule has 1 saturated carbocycles. The number of rotatable bonds is 5. The number of hydrogen-bond acceptors (Lipinski definition) is 6.